The lowest BCUT2D eigenvalue weighted by Gasteiger charge is -2.27. The minimum atomic E-state index is -1.51. The fourth-order valence-electron chi connectivity index (χ4n) is 9.16. The summed E-state index contributed by atoms with van der Waals surface area (Å²) in [6.07, 6.45) is 5.62. The summed E-state index contributed by atoms with van der Waals surface area (Å²) in [5.74, 6) is -7.06. The largest absolute Gasteiger partial charge is 0.370 e. The molecule has 1 aliphatic rings. The summed E-state index contributed by atoms with van der Waals surface area (Å²) >= 11 is 0. The number of hydrogen-bond donors (Lipinski definition) is 13. The minimum Gasteiger partial charge on any atom is -0.370 e. The number of amides is 9. The second kappa shape index (κ2) is 28.9. The normalized spacial score (nSPS) is 20.9. The molecule has 0 bridgehead atoms. The highest BCUT2D eigenvalue weighted by atomic mass is 16.2. The van der Waals surface area contributed by atoms with Gasteiger partial charge in [0, 0.05) is 68.3 Å². The molecule has 1 aliphatic heterocycles. The molecule has 6 rings (SSSR count). The quantitative estimate of drug-likeness (QED) is 0.0330. The molecule has 2 aromatic heterocycles. The van der Waals surface area contributed by atoms with Gasteiger partial charge in [0.1, 0.15) is 42.3 Å². The van der Waals surface area contributed by atoms with Crippen molar-refractivity contribution >= 4 is 80.8 Å². The van der Waals surface area contributed by atoms with Gasteiger partial charge in [0.15, 0.2) is 5.96 Å². The number of aromatic nitrogens is 3. The van der Waals surface area contributed by atoms with Gasteiger partial charge in [-0.2, -0.15) is 0 Å². The van der Waals surface area contributed by atoms with Crippen LogP contribution < -0.4 is 59.7 Å². The van der Waals surface area contributed by atoms with Gasteiger partial charge in [-0.15, -0.1) is 0 Å². The zero-order valence-electron chi connectivity index (χ0n) is 43.8. The van der Waals surface area contributed by atoms with Crippen LogP contribution in [-0.4, -0.2) is 129 Å². The van der Waals surface area contributed by atoms with Crippen LogP contribution in [0.25, 0.3) is 21.7 Å². The first-order valence-electron chi connectivity index (χ1n) is 26.2. The first kappa shape index (κ1) is 58.4. The zero-order chi connectivity index (χ0) is 56.1. The van der Waals surface area contributed by atoms with E-state index in [9.17, 15) is 43.2 Å². The molecule has 0 spiro atoms. The summed E-state index contributed by atoms with van der Waals surface area (Å²) in [5.41, 5.74) is 19.5. The Morgan fingerprint density at radius 3 is 2.13 bits per heavy atom. The average Bonchev–Trinajstić information content (AvgIpc) is 4.09. The second-order valence-electron chi connectivity index (χ2n) is 19.4. The molecule has 1 fully saturated rings. The zero-order valence-corrected chi connectivity index (χ0v) is 43.8. The van der Waals surface area contributed by atoms with E-state index in [0.717, 1.165) is 21.7 Å². The Kier molecular flexibility index (Phi) is 21.6. The number of aromatic amines is 2. The van der Waals surface area contributed by atoms with Gasteiger partial charge < -0.3 is 69.7 Å². The van der Waals surface area contributed by atoms with Gasteiger partial charge in [0.2, 0.25) is 53.2 Å². The molecule has 1 saturated heterocycles. The van der Waals surface area contributed by atoms with Gasteiger partial charge >= 0.3 is 0 Å². The van der Waals surface area contributed by atoms with Gasteiger partial charge in [-0.1, -0.05) is 80.4 Å². The molecule has 0 saturated carbocycles. The molecule has 0 aliphatic carbocycles. The number of H-pyrrole nitrogens is 2. The number of nitrogens with two attached hydrogens (primary N) is 3. The summed E-state index contributed by atoms with van der Waals surface area (Å²) in [6.45, 7) is 3.21. The number of guanidine groups is 1. The second-order valence-corrected chi connectivity index (χ2v) is 19.4. The Labute approximate surface area is 450 Å². The van der Waals surface area contributed by atoms with Crippen LogP contribution in [0, 0.1) is 0 Å². The van der Waals surface area contributed by atoms with Crippen LogP contribution in [0.15, 0.2) is 90.4 Å². The third-order valence-corrected chi connectivity index (χ3v) is 13.3. The fourth-order valence-corrected chi connectivity index (χ4v) is 9.16. The van der Waals surface area contributed by atoms with E-state index in [1.807, 2.05) is 67.6 Å². The molecule has 3 heterocycles. The summed E-state index contributed by atoms with van der Waals surface area (Å²) < 4.78 is 0. The van der Waals surface area contributed by atoms with Crippen LogP contribution in [0.3, 0.4) is 0 Å². The van der Waals surface area contributed by atoms with Crippen molar-refractivity contribution in [3.63, 3.8) is 0 Å². The molecule has 9 amide bonds. The van der Waals surface area contributed by atoms with Crippen molar-refractivity contribution in [1.29, 1.82) is 0 Å². The molecule has 7 atom stereocenters. The summed E-state index contributed by atoms with van der Waals surface area (Å²) in [4.78, 5) is 140. The van der Waals surface area contributed by atoms with E-state index in [0.29, 0.717) is 29.7 Å². The first-order valence-corrected chi connectivity index (χ1v) is 26.2. The smallest absolute Gasteiger partial charge is 0.243 e. The van der Waals surface area contributed by atoms with Gasteiger partial charge in [-0.25, -0.2) is 4.98 Å². The van der Waals surface area contributed by atoms with Crippen LogP contribution in [-0.2, 0) is 62.4 Å². The van der Waals surface area contributed by atoms with E-state index in [2.05, 4.69) is 62.5 Å². The number of primary amides is 1. The van der Waals surface area contributed by atoms with Crippen LogP contribution in [0.2, 0.25) is 0 Å². The van der Waals surface area contributed by atoms with E-state index in [1.54, 1.807) is 12.3 Å². The van der Waals surface area contributed by atoms with Crippen molar-refractivity contribution in [3.05, 3.63) is 102 Å². The third kappa shape index (κ3) is 17.6. The fraction of sp³-hybridized carbons (Fsp3) is 0.426. The van der Waals surface area contributed by atoms with Gasteiger partial charge in [-0.05, 0) is 66.5 Å². The van der Waals surface area contributed by atoms with Crippen LogP contribution in [0.1, 0.15) is 88.5 Å². The molecule has 3 aromatic carbocycles. The molecule has 5 aromatic rings. The number of unbranched alkanes of at least 4 members (excludes halogenated alkanes) is 1. The number of nitrogens with zero attached hydrogens (tertiary/aromatic N) is 2. The van der Waals surface area contributed by atoms with E-state index < -0.39 is 102 Å². The maximum Gasteiger partial charge on any atom is 0.243 e. The summed E-state index contributed by atoms with van der Waals surface area (Å²) in [6, 6.07) is 11.1. The molecule has 24 nitrogen and oxygen atoms in total. The van der Waals surface area contributed by atoms with Gasteiger partial charge in [0.25, 0.3) is 0 Å². The van der Waals surface area contributed by atoms with Gasteiger partial charge in [-0.3, -0.25) is 48.1 Å². The lowest BCUT2D eigenvalue weighted by atomic mass is 9.99. The van der Waals surface area contributed by atoms with E-state index in [-0.39, 0.29) is 76.8 Å². The average molecular weight is 1070 g/mol. The summed E-state index contributed by atoms with van der Waals surface area (Å²) in [5, 5.41) is 24.3. The number of rotatable bonds is 17. The Hall–Kier alpha value is -8.83. The Balaban J connectivity index is 1.40. The number of hydrogen-bond acceptors (Lipinski definition) is 11. The van der Waals surface area contributed by atoms with Crippen molar-refractivity contribution in [1.82, 2.24) is 57.5 Å². The highest BCUT2D eigenvalue weighted by Crippen LogP contribution is 2.21. The molecular formula is C54H71N15O9. The molecular weight excluding hydrogens is 1000 g/mol. The van der Waals surface area contributed by atoms with Crippen molar-refractivity contribution in [3.8, 4) is 0 Å². The first-order chi connectivity index (χ1) is 37.5. The predicted molar refractivity (Wildman–Crippen MR) is 291 cm³/mol. The molecule has 416 valence electrons. The SMILES string of the molecule is CCCC[C@H](NC(C)=O)C(=O)N[C@@H]1CC(=O)N[C@@H](Cc2cnc[nH]2)C(=O)N[C@H](Cc2ccc3ccccc3c2)C(=O)N[C@@H](CCCN=C(N)N)C(=O)N[C@H](Cc2c[nH]c3ccccc23)C(=O)N[C@@H](C(N)=O)CCCCNC1=O. The van der Waals surface area contributed by atoms with Crippen molar-refractivity contribution in [2.75, 3.05) is 13.1 Å². The summed E-state index contributed by atoms with van der Waals surface area (Å²) in [7, 11) is 0. The number of benzene rings is 3. The molecule has 0 unspecified atom stereocenters. The van der Waals surface area contributed by atoms with Crippen molar-refractivity contribution < 1.29 is 43.2 Å². The topological polar surface area (TPSA) is 385 Å². The maximum atomic E-state index is 14.9. The number of nitrogens with one attached hydrogen (secondary N) is 10. The highest BCUT2D eigenvalue weighted by Gasteiger charge is 2.35. The Bertz CT molecular complexity index is 2940. The number of carbonyl (C=O) groups is 9. The van der Waals surface area contributed by atoms with E-state index >= 15 is 0 Å². The number of carbonyl (C=O) groups excluding carboxylic acids is 9. The minimum absolute atomic E-state index is 0.00842. The van der Waals surface area contributed by atoms with Gasteiger partial charge in [0.05, 0.1) is 12.7 Å². The number of imidazole rings is 1. The molecule has 0 radical (unpaired) electrons. The molecule has 16 N–H and O–H groups in total. The Morgan fingerprint density at radius 1 is 0.744 bits per heavy atom. The molecule has 24 heteroatoms. The maximum absolute atomic E-state index is 14.9. The van der Waals surface area contributed by atoms with Crippen molar-refractivity contribution in [2.45, 2.75) is 133 Å². The highest BCUT2D eigenvalue weighted by molar-refractivity contribution is 5.98. The van der Waals surface area contributed by atoms with Crippen LogP contribution in [0.4, 0.5) is 0 Å². The van der Waals surface area contributed by atoms with E-state index in [1.165, 1.54) is 19.4 Å². The number of aliphatic imine (C=N–C) groups is 1. The monoisotopic (exact) mass is 1070 g/mol. The Morgan fingerprint density at radius 2 is 1.42 bits per heavy atom. The molecule has 78 heavy (non-hydrogen) atoms. The number of fused-ring (bicyclic) bond motifs is 2. The number of para-hydroxylation sites is 1. The standard InChI is InChI=1S/C54H71N15O9/c1-3-4-15-40(63-31(2)70)49(74)69-45-27-46(71)64-44(26-36-29-58-30-62-36)53(78)67-42(24-32-19-20-33-12-5-6-13-34(33)23-32)51(76)66-41(18-11-22-60-54(56)57)50(75)68-43(25-35-28-61-38-16-8-7-14-37(35)38)52(77)65-39(47(55)72)17-9-10-21-59-48(45)73/h5-8,12-14,16,19-20,23,28-30,39-45,61H,3-4,9-11,15,17-18,21-22,24-27H2,1-2H3,(H2,55,72)(H,58,62)(H,59,73)(H,63,70)(H,64,71)(H,65,77)(H,66,76)(H,67,78)(H,68,75)(H,69,74)(H4,56,57,60)/t39-,40+,41+,42-,43-,44+,45-/m1/s1. The lowest BCUT2D eigenvalue weighted by Crippen LogP contribution is -2.60. The predicted octanol–water partition coefficient (Wildman–Crippen LogP) is -0.0951. The van der Waals surface area contributed by atoms with Crippen molar-refractivity contribution in [2.24, 2.45) is 22.2 Å². The van der Waals surface area contributed by atoms with Crippen LogP contribution in [0.5, 0.6) is 0 Å². The third-order valence-electron chi connectivity index (χ3n) is 13.3. The van der Waals surface area contributed by atoms with Crippen LogP contribution >= 0.6 is 0 Å². The lowest BCUT2D eigenvalue weighted by molar-refractivity contribution is -0.135. The van der Waals surface area contributed by atoms with E-state index in [4.69, 9.17) is 17.2 Å².